The molecule has 0 saturated carbocycles. The molecule has 2 heterocycles. The lowest BCUT2D eigenvalue weighted by Gasteiger charge is -2.25. The predicted octanol–water partition coefficient (Wildman–Crippen LogP) is 2.12. The van der Waals surface area contributed by atoms with Crippen molar-refractivity contribution < 1.29 is 9.53 Å². The van der Waals surface area contributed by atoms with E-state index in [1.54, 1.807) is 0 Å². The van der Waals surface area contributed by atoms with E-state index in [0.29, 0.717) is 6.04 Å². The van der Waals surface area contributed by atoms with Crippen molar-refractivity contribution in [2.75, 3.05) is 19.7 Å². The Hall–Kier alpha value is -1.39. The van der Waals surface area contributed by atoms with Crippen LogP contribution in [0.5, 0.6) is 0 Å². The average molecular weight is 288 g/mol. The van der Waals surface area contributed by atoms with Gasteiger partial charge in [-0.05, 0) is 31.7 Å². The van der Waals surface area contributed by atoms with E-state index in [-0.39, 0.29) is 18.1 Å². The summed E-state index contributed by atoms with van der Waals surface area (Å²) in [5, 5.41) is 3.15. The van der Waals surface area contributed by atoms with Crippen LogP contribution in [0.1, 0.15) is 37.8 Å². The number of nitrogens with one attached hydrogen (secondary N) is 1. The van der Waals surface area contributed by atoms with Crippen LogP contribution in [-0.2, 0) is 9.53 Å². The number of hydrogen-bond acceptors (Lipinski definition) is 3. The Morgan fingerprint density at radius 1 is 1.33 bits per heavy atom. The summed E-state index contributed by atoms with van der Waals surface area (Å²) >= 11 is 0. The van der Waals surface area contributed by atoms with Crippen LogP contribution in [0.4, 0.5) is 0 Å². The molecule has 0 unspecified atom stereocenters. The van der Waals surface area contributed by atoms with Crippen molar-refractivity contribution in [3.63, 3.8) is 0 Å². The highest BCUT2D eigenvalue weighted by molar-refractivity contribution is 5.81. The Kier molecular flexibility index (Phi) is 4.56. The molecule has 3 rings (SSSR count). The van der Waals surface area contributed by atoms with Crippen LogP contribution in [0.3, 0.4) is 0 Å². The Bertz CT molecular complexity index is 471. The van der Waals surface area contributed by atoms with Gasteiger partial charge in [0.25, 0.3) is 0 Å². The lowest BCUT2D eigenvalue weighted by molar-refractivity contribution is -0.130. The molecular weight excluding hydrogens is 264 g/mol. The van der Waals surface area contributed by atoms with Gasteiger partial charge in [0.15, 0.2) is 0 Å². The lowest BCUT2D eigenvalue weighted by atomic mass is 10.1. The van der Waals surface area contributed by atoms with Gasteiger partial charge in [0.2, 0.25) is 5.91 Å². The van der Waals surface area contributed by atoms with Gasteiger partial charge >= 0.3 is 0 Å². The molecule has 21 heavy (non-hydrogen) atoms. The zero-order chi connectivity index (χ0) is 14.7. The van der Waals surface area contributed by atoms with Crippen molar-refractivity contribution >= 4 is 5.91 Å². The molecule has 1 N–H and O–H groups in total. The molecule has 1 amide bonds. The number of ether oxygens (including phenoxy) is 1. The van der Waals surface area contributed by atoms with E-state index < -0.39 is 0 Å². The first-order valence-corrected chi connectivity index (χ1v) is 7.95. The summed E-state index contributed by atoms with van der Waals surface area (Å²) in [5.41, 5.74) is 1.34. The number of amides is 1. The Morgan fingerprint density at radius 2 is 2.14 bits per heavy atom. The third kappa shape index (κ3) is 3.44. The number of hydrogen-bond donors (Lipinski definition) is 1. The van der Waals surface area contributed by atoms with Gasteiger partial charge in [-0.2, -0.15) is 0 Å². The maximum atomic E-state index is 12.1. The Labute approximate surface area is 126 Å². The molecule has 1 aromatic rings. The summed E-state index contributed by atoms with van der Waals surface area (Å²) in [5.74, 6) is 0.0757. The van der Waals surface area contributed by atoms with Crippen molar-refractivity contribution in [2.45, 2.75) is 44.4 Å². The second-order valence-corrected chi connectivity index (χ2v) is 6.08. The summed E-state index contributed by atoms with van der Waals surface area (Å²) in [6.07, 6.45) is 2.67. The zero-order valence-electron chi connectivity index (χ0n) is 12.6. The van der Waals surface area contributed by atoms with Crippen molar-refractivity contribution in [3.8, 4) is 0 Å². The predicted molar refractivity (Wildman–Crippen MR) is 82.0 cm³/mol. The van der Waals surface area contributed by atoms with E-state index >= 15 is 0 Å². The Morgan fingerprint density at radius 3 is 2.86 bits per heavy atom. The van der Waals surface area contributed by atoms with Crippen molar-refractivity contribution in [2.24, 2.45) is 0 Å². The average Bonchev–Trinajstić information content (AvgIpc) is 3.19. The minimum Gasteiger partial charge on any atom is -0.368 e. The van der Waals surface area contributed by atoms with Crippen LogP contribution in [-0.4, -0.2) is 42.6 Å². The molecule has 0 aliphatic carbocycles. The van der Waals surface area contributed by atoms with Gasteiger partial charge in [-0.25, -0.2) is 0 Å². The summed E-state index contributed by atoms with van der Waals surface area (Å²) in [6.45, 7) is 4.92. The smallest absolute Gasteiger partial charge is 0.249 e. The molecule has 0 bridgehead atoms. The molecular formula is C17H24N2O2. The van der Waals surface area contributed by atoms with Crippen molar-refractivity contribution in [1.82, 2.24) is 10.2 Å². The summed E-state index contributed by atoms with van der Waals surface area (Å²) in [4.78, 5) is 14.5. The first kappa shape index (κ1) is 14.5. The second-order valence-electron chi connectivity index (χ2n) is 6.08. The molecule has 114 valence electrons. The number of likely N-dealkylation sites (tertiary alicyclic amines) is 1. The molecule has 0 aromatic heterocycles. The largest absolute Gasteiger partial charge is 0.368 e. The van der Waals surface area contributed by atoms with Gasteiger partial charge in [-0.3, -0.25) is 9.69 Å². The molecule has 2 aliphatic heterocycles. The minimum absolute atomic E-state index is 0.0757. The van der Waals surface area contributed by atoms with Crippen molar-refractivity contribution in [3.05, 3.63) is 35.9 Å². The molecule has 3 atom stereocenters. The van der Waals surface area contributed by atoms with Gasteiger partial charge in [-0.1, -0.05) is 30.3 Å². The fourth-order valence-corrected chi connectivity index (χ4v) is 3.28. The third-order valence-electron chi connectivity index (χ3n) is 4.62. The molecule has 1 aromatic carbocycles. The Balaban J connectivity index is 1.52. The van der Waals surface area contributed by atoms with Crippen LogP contribution in [0.2, 0.25) is 0 Å². The number of rotatable bonds is 4. The quantitative estimate of drug-likeness (QED) is 0.922. The number of benzene rings is 1. The van der Waals surface area contributed by atoms with Gasteiger partial charge in [0.1, 0.15) is 6.10 Å². The second kappa shape index (κ2) is 6.58. The maximum Gasteiger partial charge on any atom is 0.249 e. The molecule has 0 radical (unpaired) electrons. The van der Waals surface area contributed by atoms with Gasteiger partial charge in [0, 0.05) is 31.8 Å². The standard InChI is InChI=1S/C17H24N2O2/c1-13(14-6-3-2-4-7-14)19-10-9-15(12-19)18-17(20)16-8-5-11-21-16/h2-4,6-7,13,15-16H,5,8-12H2,1H3,(H,18,20)/t13-,15-,16+/m1/s1. The van der Waals surface area contributed by atoms with Gasteiger partial charge in [0.05, 0.1) is 0 Å². The van der Waals surface area contributed by atoms with Crippen LogP contribution < -0.4 is 5.32 Å². The maximum absolute atomic E-state index is 12.1. The number of nitrogens with zero attached hydrogens (tertiary/aromatic N) is 1. The lowest BCUT2D eigenvalue weighted by Crippen LogP contribution is -2.42. The van der Waals surface area contributed by atoms with E-state index in [1.807, 2.05) is 6.07 Å². The molecule has 0 spiro atoms. The zero-order valence-corrected chi connectivity index (χ0v) is 12.6. The molecule has 2 saturated heterocycles. The summed E-state index contributed by atoms with van der Waals surface area (Å²) in [7, 11) is 0. The van der Waals surface area contributed by atoms with Gasteiger partial charge < -0.3 is 10.1 Å². The molecule has 4 heteroatoms. The first-order valence-electron chi connectivity index (χ1n) is 7.95. The summed E-state index contributed by atoms with van der Waals surface area (Å²) < 4.78 is 5.44. The van der Waals surface area contributed by atoms with E-state index in [0.717, 1.165) is 39.0 Å². The highest BCUT2D eigenvalue weighted by Gasteiger charge is 2.30. The fourth-order valence-electron chi connectivity index (χ4n) is 3.28. The summed E-state index contributed by atoms with van der Waals surface area (Å²) in [6, 6.07) is 11.2. The molecule has 4 nitrogen and oxygen atoms in total. The van der Waals surface area contributed by atoms with Crippen LogP contribution in [0.15, 0.2) is 30.3 Å². The van der Waals surface area contributed by atoms with Crippen molar-refractivity contribution in [1.29, 1.82) is 0 Å². The molecule has 2 fully saturated rings. The van der Waals surface area contributed by atoms with Crippen LogP contribution >= 0.6 is 0 Å². The highest BCUT2D eigenvalue weighted by Crippen LogP contribution is 2.24. The number of carbonyl (C=O) groups is 1. The van der Waals surface area contributed by atoms with E-state index in [2.05, 4.69) is 41.4 Å². The van der Waals surface area contributed by atoms with E-state index in [4.69, 9.17) is 4.74 Å². The van der Waals surface area contributed by atoms with E-state index in [1.165, 1.54) is 5.56 Å². The van der Waals surface area contributed by atoms with E-state index in [9.17, 15) is 4.79 Å². The van der Waals surface area contributed by atoms with Gasteiger partial charge in [-0.15, -0.1) is 0 Å². The highest BCUT2D eigenvalue weighted by atomic mass is 16.5. The fraction of sp³-hybridized carbons (Fsp3) is 0.588. The monoisotopic (exact) mass is 288 g/mol. The van der Waals surface area contributed by atoms with Crippen LogP contribution in [0.25, 0.3) is 0 Å². The van der Waals surface area contributed by atoms with Crippen LogP contribution in [0, 0.1) is 0 Å². The first-order chi connectivity index (χ1) is 10.2. The topological polar surface area (TPSA) is 41.6 Å². The minimum atomic E-state index is -0.217. The normalized spacial score (nSPS) is 27.7. The third-order valence-corrected chi connectivity index (χ3v) is 4.62. The number of carbonyl (C=O) groups excluding carboxylic acids is 1. The molecule has 2 aliphatic rings. The SMILES string of the molecule is C[C@H](c1ccccc1)N1CC[C@@H](NC(=O)[C@@H]2CCCO2)C1.